The van der Waals surface area contributed by atoms with E-state index in [2.05, 4.69) is 20.9 Å². The number of rotatable bonds is 5. The molecule has 3 rings (SSSR count). The number of hydrogen-bond donors (Lipinski definition) is 5. The van der Waals surface area contributed by atoms with E-state index in [1.807, 2.05) is 0 Å². The Morgan fingerprint density at radius 1 is 1.56 bits per heavy atom. The fourth-order valence-corrected chi connectivity index (χ4v) is 3.03. The minimum Gasteiger partial charge on any atom is -0.393 e. The Kier molecular flexibility index (Phi) is 4.95. The van der Waals surface area contributed by atoms with Crippen LogP contribution in [0.15, 0.2) is 6.20 Å². The molecule has 25 heavy (non-hydrogen) atoms. The molecule has 134 valence electrons. The largest absolute Gasteiger partial charge is 0.393 e. The highest BCUT2D eigenvalue weighted by Crippen LogP contribution is 2.30. The summed E-state index contributed by atoms with van der Waals surface area (Å²) in [7, 11) is 1.67. The van der Waals surface area contributed by atoms with Crippen molar-refractivity contribution in [3.8, 4) is 0 Å². The van der Waals surface area contributed by atoms with Crippen LogP contribution in [-0.4, -0.2) is 49.5 Å². The number of aromatic nitrogens is 1. The van der Waals surface area contributed by atoms with Crippen molar-refractivity contribution in [3.05, 3.63) is 28.8 Å². The Bertz CT molecular complexity index is 736. The number of ether oxygens (including phenoxy) is 1. The summed E-state index contributed by atoms with van der Waals surface area (Å²) in [5.41, 5.74) is 7.09. The van der Waals surface area contributed by atoms with Crippen molar-refractivity contribution in [1.29, 1.82) is 5.41 Å². The Balaban J connectivity index is 2.06. The number of carbonyl (C=O) groups excluding carboxylic acids is 1. The summed E-state index contributed by atoms with van der Waals surface area (Å²) in [6.45, 7) is 1.02. The van der Waals surface area contributed by atoms with Gasteiger partial charge in [-0.05, 0) is 6.42 Å². The zero-order chi connectivity index (χ0) is 18.0. The minimum absolute atomic E-state index is 0.0384. The maximum atomic E-state index is 14.9. The molecule has 1 fully saturated rings. The van der Waals surface area contributed by atoms with E-state index in [-0.39, 0.29) is 41.3 Å². The first kappa shape index (κ1) is 17.3. The molecule has 2 unspecified atom stereocenters. The molecule has 0 aromatic carbocycles. The van der Waals surface area contributed by atoms with Gasteiger partial charge in [-0.3, -0.25) is 4.79 Å². The second-order valence-electron chi connectivity index (χ2n) is 5.97. The molecule has 6 N–H and O–H groups in total. The molecular formula is C16H21FN6O2. The Morgan fingerprint density at radius 2 is 2.36 bits per heavy atom. The van der Waals surface area contributed by atoms with Crippen LogP contribution in [0, 0.1) is 11.2 Å². The molecule has 1 saturated heterocycles. The van der Waals surface area contributed by atoms with Crippen molar-refractivity contribution in [2.45, 2.75) is 25.0 Å². The summed E-state index contributed by atoms with van der Waals surface area (Å²) in [6, 6.07) is -0.454. The van der Waals surface area contributed by atoms with Crippen molar-refractivity contribution in [1.82, 2.24) is 15.6 Å². The highest BCUT2D eigenvalue weighted by molar-refractivity contribution is 6.13. The van der Waals surface area contributed by atoms with E-state index in [0.717, 1.165) is 6.21 Å². The molecule has 1 aromatic rings. The van der Waals surface area contributed by atoms with Crippen molar-refractivity contribution in [3.63, 3.8) is 0 Å². The molecule has 0 spiro atoms. The number of carbonyl (C=O) groups is 1. The van der Waals surface area contributed by atoms with E-state index < -0.39 is 11.7 Å². The topological polar surface area (TPSA) is 125 Å². The van der Waals surface area contributed by atoms with E-state index in [1.165, 1.54) is 0 Å². The van der Waals surface area contributed by atoms with Crippen LogP contribution in [0.5, 0.6) is 0 Å². The Labute approximate surface area is 144 Å². The molecule has 9 heteroatoms. The number of hydrogen-bond acceptors (Lipinski definition) is 7. The van der Waals surface area contributed by atoms with Crippen LogP contribution >= 0.6 is 0 Å². The lowest BCUT2D eigenvalue weighted by Crippen LogP contribution is -2.48. The van der Waals surface area contributed by atoms with Gasteiger partial charge in [0.2, 0.25) is 0 Å². The molecule has 0 saturated carbocycles. The summed E-state index contributed by atoms with van der Waals surface area (Å²) in [4.78, 5) is 16.4. The highest BCUT2D eigenvalue weighted by Gasteiger charge is 2.32. The molecule has 1 amide bonds. The zero-order valence-electron chi connectivity index (χ0n) is 13.9. The first-order valence-electron chi connectivity index (χ1n) is 8.05. The van der Waals surface area contributed by atoms with E-state index in [4.69, 9.17) is 15.9 Å². The van der Waals surface area contributed by atoms with E-state index in [1.54, 1.807) is 13.2 Å². The minimum atomic E-state index is -0.565. The van der Waals surface area contributed by atoms with Gasteiger partial charge in [-0.1, -0.05) is 0 Å². The van der Waals surface area contributed by atoms with Crippen LogP contribution in [0.25, 0.3) is 5.57 Å². The molecule has 0 aliphatic carbocycles. The average molecular weight is 348 g/mol. The van der Waals surface area contributed by atoms with Gasteiger partial charge in [0.05, 0.1) is 17.9 Å². The third-order valence-electron chi connectivity index (χ3n) is 4.34. The average Bonchev–Trinajstić information content (AvgIpc) is 3.00. The molecule has 8 nitrogen and oxygen atoms in total. The lowest BCUT2D eigenvalue weighted by atomic mass is 10.0. The number of halogens is 1. The van der Waals surface area contributed by atoms with Gasteiger partial charge < -0.3 is 31.8 Å². The monoisotopic (exact) mass is 348 g/mol. The van der Waals surface area contributed by atoms with Crippen LogP contribution in [0.1, 0.15) is 28.0 Å². The number of anilines is 1. The Hall–Kier alpha value is -2.52. The number of nitrogens with one attached hydrogen (secondary N) is 4. The van der Waals surface area contributed by atoms with Gasteiger partial charge >= 0.3 is 0 Å². The van der Waals surface area contributed by atoms with Crippen LogP contribution in [0.3, 0.4) is 0 Å². The number of allylic oxidation sites excluding steroid dienone is 1. The Morgan fingerprint density at radius 3 is 3.04 bits per heavy atom. The van der Waals surface area contributed by atoms with Gasteiger partial charge in [0.15, 0.2) is 11.6 Å². The maximum absolute atomic E-state index is 14.9. The highest BCUT2D eigenvalue weighted by atomic mass is 19.1. The first-order chi connectivity index (χ1) is 12.1. The smallest absolute Gasteiger partial charge is 0.254 e. The molecule has 0 bridgehead atoms. The molecule has 2 atom stereocenters. The van der Waals surface area contributed by atoms with Gasteiger partial charge in [0.25, 0.3) is 5.91 Å². The third-order valence-corrected chi connectivity index (χ3v) is 4.34. The summed E-state index contributed by atoms with van der Waals surface area (Å²) in [6.07, 6.45) is 3.26. The van der Waals surface area contributed by atoms with E-state index in [0.29, 0.717) is 25.2 Å². The first-order valence-corrected chi connectivity index (χ1v) is 8.05. The van der Waals surface area contributed by atoms with Gasteiger partial charge in [0.1, 0.15) is 0 Å². The van der Waals surface area contributed by atoms with Crippen molar-refractivity contribution in [2.75, 3.05) is 25.6 Å². The SMILES string of the molecule is CN/C=C(\C=N)c1nc(NC2CCOCC2N)c(F)c2c1C(=O)NC2. The number of amides is 1. The van der Waals surface area contributed by atoms with Gasteiger partial charge in [-0.25, -0.2) is 9.37 Å². The molecular weight excluding hydrogens is 327 g/mol. The summed E-state index contributed by atoms with van der Waals surface area (Å²) < 4.78 is 20.2. The van der Waals surface area contributed by atoms with Crippen molar-refractivity contribution in [2.24, 2.45) is 5.73 Å². The lowest BCUT2D eigenvalue weighted by Gasteiger charge is -2.30. The molecule has 2 aliphatic rings. The van der Waals surface area contributed by atoms with Crippen LogP contribution < -0.4 is 21.7 Å². The van der Waals surface area contributed by atoms with Crippen molar-refractivity contribution < 1.29 is 13.9 Å². The quantitative estimate of drug-likeness (QED) is 0.484. The summed E-state index contributed by atoms with van der Waals surface area (Å²) >= 11 is 0. The number of nitrogens with zero attached hydrogens (tertiary/aromatic N) is 1. The number of nitrogens with two attached hydrogens (primary N) is 1. The predicted molar refractivity (Wildman–Crippen MR) is 92.0 cm³/mol. The summed E-state index contributed by atoms with van der Waals surface area (Å²) in [5.74, 6) is -0.921. The fraction of sp³-hybridized carbons (Fsp3) is 0.438. The van der Waals surface area contributed by atoms with E-state index >= 15 is 0 Å². The maximum Gasteiger partial charge on any atom is 0.254 e. The molecule has 0 radical (unpaired) electrons. The fourth-order valence-electron chi connectivity index (χ4n) is 3.03. The van der Waals surface area contributed by atoms with Crippen LogP contribution in [0.4, 0.5) is 10.2 Å². The van der Waals surface area contributed by atoms with Crippen molar-refractivity contribution >= 4 is 23.5 Å². The number of pyridine rings is 1. The molecule has 3 heterocycles. The second-order valence-corrected chi connectivity index (χ2v) is 5.97. The molecule has 1 aromatic heterocycles. The van der Waals surface area contributed by atoms with Crippen LogP contribution in [0.2, 0.25) is 0 Å². The standard InChI is InChI=1S/C16H21FN6O2/c1-20-5-8(4-18)14-12-9(6-21-16(12)24)13(17)15(23-14)22-11-2-3-25-7-10(11)19/h4-5,10-11,18,20H,2-3,6-7,19H2,1H3,(H,21,24)(H,22,23)/b8-5+,18-4?. The number of fused-ring (bicyclic) bond motifs is 1. The lowest BCUT2D eigenvalue weighted by molar-refractivity contribution is 0.0751. The molecule has 2 aliphatic heterocycles. The van der Waals surface area contributed by atoms with E-state index in [9.17, 15) is 9.18 Å². The van der Waals surface area contributed by atoms with Gasteiger partial charge in [-0.2, -0.15) is 0 Å². The third kappa shape index (κ3) is 3.20. The predicted octanol–water partition coefficient (Wildman–Crippen LogP) is 0.202. The van der Waals surface area contributed by atoms with Crippen LogP contribution in [-0.2, 0) is 11.3 Å². The summed E-state index contributed by atoms with van der Waals surface area (Å²) in [5, 5.41) is 16.1. The normalized spacial score (nSPS) is 23.0. The van der Waals surface area contributed by atoms with Gasteiger partial charge in [-0.15, -0.1) is 0 Å². The van der Waals surface area contributed by atoms with Gasteiger partial charge in [0, 0.05) is 55.8 Å². The zero-order valence-corrected chi connectivity index (χ0v) is 13.9. The second kappa shape index (κ2) is 7.16.